The van der Waals surface area contributed by atoms with Gasteiger partial charge in [0.2, 0.25) is 11.8 Å². The highest BCUT2D eigenvalue weighted by Crippen LogP contribution is 2.32. The molecule has 0 atom stereocenters. The number of amides is 2. The number of carbonyl (C=O) groups is 3. The summed E-state index contributed by atoms with van der Waals surface area (Å²) in [6.45, 7) is 3.59. The van der Waals surface area contributed by atoms with Crippen LogP contribution in [0.3, 0.4) is 0 Å². The van der Waals surface area contributed by atoms with Gasteiger partial charge in [-0.2, -0.15) is 0 Å². The number of carboxylic acid groups (broad SMARTS) is 1. The first-order valence-corrected chi connectivity index (χ1v) is 5.93. The fourth-order valence-corrected chi connectivity index (χ4v) is 2.18. The number of likely N-dealkylation sites (tertiary alicyclic amines) is 1. The first-order valence-electron chi connectivity index (χ1n) is 5.93. The molecule has 1 aliphatic rings. The quantitative estimate of drug-likeness (QED) is 0.839. The number of hydrogen-bond donors (Lipinski definition) is 1. The number of piperidine rings is 1. The molecule has 0 bridgehead atoms. The normalized spacial score (nSPS) is 18.7. The number of imide groups is 1. The summed E-state index contributed by atoms with van der Waals surface area (Å²) in [4.78, 5) is 35.9. The van der Waals surface area contributed by atoms with E-state index in [2.05, 4.69) is 0 Å². The maximum Gasteiger partial charge on any atom is 0.339 e. The van der Waals surface area contributed by atoms with Crippen molar-refractivity contribution in [3.05, 3.63) is 23.7 Å². The van der Waals surface area contributed by atoms with Gasteiger partial charge in [-0.15, -0.1) is 0 Å². The van der Waals surface area contributed by atoms with Gasteiger partial charge in [-0.05, 0) is 11.5 Å². The summed E-state index contributed by atoms with van der Waals surface area (Å²) >= 11 is 0. The maximum absolute atomic E-state index is 11.9. The van der Waals surface area contributed by atoms with Crippen molar-refractivity contribution in [2.75, 3.05) is 0 Å². The van der Waals surface area contributed by atoms with Gasteiger partial charge in [-0.3, -0.25) is 14.5 Å². The molecule has 0 aliphatic carbocycles. The standard InChI is InChI=1S/C13H15NO5/c1-13(2)5-10(15)14(11(16)6-13)7-9-8(12(17)18)3-4-19-9/h3-4H,5-7H2,1-2H3,(H,17,18). The smallest absolute Gasteiger partial charge is 0.339 e. The van der Waals surface area contributed by atoms with E-state index < -0.39 is 5.97 Å². The van der Waals surface area contributed by atoms with Crippen molar-refractivity contribution < 1.29 is 23.9 Å². The Morgan fingerprint density at radius 2 is 1.95 bits per heavy atom. The van der Waals surface area contributed by atoms with Crippen LogP contribution in [0.15, 0.2) is 16.7 Å². The zero-order chi connectivity index (χ0) is 14.2. The Morgan fingerprint density at radius 1 is 1.37 bits per heavy atom. The summed E-state index contributed by atoms with van der Waals surface area (Å²) in [6, 6.07) is 1.31. The topological polar surface area (TPSA) is 87.8 Å². The van der Waals surface area contributed by atoms with Gasteiger partial charge in [-0.25, -0.2) is 4.79 Å². The average molecular weight is 265 g/mol. The number of aromatic carboxylic acids is 1. The second kappa shape index (κ2) is 4.53. The molecule has 2 rings (SSSR count). The van der Waals surface area contributed by atoms with Crippen LogP contribution in [-0.4, -0.2) is 27.8 Å². The van der Waals surface area contributed by atoms with Crippen LogP contribution < -0.4 is 0 Å². The number of furan rings is 1. The first-order chi connectivity index (χ1) is 8.80. The second-order valence-electron chi connectivity index (χ2n) is 5.45. The number of nitrogens with zero attached hydrogens (tertiary/aromatic N) is 1. The molecule has 1 saturated heterocycles. The Morgan fingerprint density at radius 3 is 2.47 bits per heavy atom. The Bertz CT molecular complexity index is 523. The monoisotopic (exact) mass is 265 g/mol. The van der Waals surface area contributed by atoms with Gasteiger partial charge in [0.1, 0.15) is 11.3 Å². The minimum Gasteiger partial charge on any atom is -0.478 e. The van der Waals surface area contributed by atoms with Crippen molar-refractivity contribution >= 4 is 17.8 Å². The first kappa shape index (κ1) is 13.3. The Kier molecular flexibility index (Phi) is 3.18. The third-order valence-electron chi connectivity index (χ3n) is 3.14. The Balaban J connectivity index is 2.19. The molecule has 0 saturated carbocycles. The SMILES string of the molecule is CC1(C)CC(=O)N(Cc2occc2C(=O)O)C(=O)C1. The molecule has 6 heteroatoms. The van der Waals surface area contributed by atoms with Crippen LogP contribution in [0.5, 0.6) is 0 Å². The molecule has 0 radical (unpaired) electrons. The van der Waals surface area contributed by atoms with Gasteiger partial charge in [-0.1, -0.05) is 13.8 Å². The van der Waals surface area contributed by atoms with Crippen LogP contribution in [-0.2, 0) is 16.1 Å². The highest BCUT2D eigenvalue weighted by Gasteiger charge is 2.38. The van der Waals surface area contributed by atoms with Crippen molar-refractivity contribution in [3.63, 3.8) is 0 Å². The molecule has 2 amide bonds. The number of rotatable bonds is 3. The second-order valence-corrected chi connectivity index (χ2v) is 5.45. The van der Waals surface area contributed by atoms with E-state index in [1.54, 1.807) is 0 Å². The number of carboxylic acids is 1. The lowest BCUT2D eigenvalue weighted by molar-refractivity contribution is -0.153. The minimum absolute atomic E-state index is 0.0227. The maximum atomic E-state index is 11.9. The third-order valence-corrected chi connectivity index (χ3v) is 3.14. The summed E-state index contributed by atoms with van der Waals surface area (Å²) in [5.74, 6) is -1.61. The molecular formula is C13H15NO5. The lowest BCUT2D eigenvalue weighted by Gasteiger charge is -2.34. The van der Waals surface area contributed by atoms with Crippen molar-refractivity contribution in [1.29, 1.82) is 0 Å². The van der Waals surface area contributed by atoms with E-state index in [9.17, 15) is 14.4 Å². The molecule has 19 heavy (non-hydrogen) atoms. The van der Waals surface area contributed by atoms with Gasteiger partial charge in [0.25, 0.3) is 0 Å². The largest absolute Gasteiger partial charge is 0.478 e. The van der Waals surface area contributed by atoms with Gasteiger partial charge in [0, 0.05) is 12.8 Å². The summed E-state index contributed by atoms with van der Waals surface area (Å²) < 4.78 is 5.05. The molecule has 0 aromatic carbocycles. The van der Waals surface area contributed by atoms with E-state index in [0.29, 0.717) is 0 Å². The molecule has 102 valence electrons. The summed E-state index contributed by atoms with van der Waals surface area (Å²) in [7, 11) is 0. The molecule has 1 fully saturated rings. The zero-order valence-electron chi connectivity index (χ0n) is 10.8. The summed E-state index contributed by atoms with van der Waals surface area (Å²) in [5.41, 5.74) is -0.367. The van der Waals surface area contributed by atoms with Gasteiger partial charge in [0.05, 0.1) is 12.8 Å². The Labute approximate surface area is 110 Å². The van der Waals surface area contributed by atoms with Gasteiger partial charge in [0.15, 0.2) is 0 Å². The fraction of sp³-hybridized carbons (Fsp3) is 0.462. The molecular weight excluding hydrogens is 250 g/mol. The van der Waals surface area contributed by atoms with Gasteiger partial charge < -0.3 is 9.52 Å². The van der Waals surface area contributed by atoms with E-state index in [0.717, 1.165) is 4.90 Å². The molecule has 0 spiro atoms. The molecule has 1 N–H and O–H groups in total. The number of carbonyl (C=O) groups excluding carboxylic acids is 2. The van der Waals surface area contributed by atoms with Crippen LogP contribution in [0.4, 0.5) is 0 Å². The van der Waals surface area contributed by atoms with Crippen LogP contribution in [0.1, 0.15) is 42.8 Å². The molecule has 2 heterocycles. The Hall–Kier alpha value is -2.11. The van der Waals surface area contributed by atoms with E-state index in [1.807, 2.05) is 13.8 Å². The van der Waals surface area contributed by atoms with Crippen molar-refractivity contribution in [3.8, 4) is 0 Å². The average Bonchev–Trinajstić information content (AvgIpc) is 2.70. The van der Waals surface area contributed by atoms with Crippen molar-refractivity contribution in [1.82, 2.24) is 4.90 Å². The summed E-state index contributed by atoms with van der Waals surface area (Å²) in [5, 5.41) is 8.95. The van der Waals surface area contributed by atoms with E-state index in [-0.39, 0.29) is 47.9 Å². The molecule has 0 unspecified atom stereocenters. The number of hydrogen-bond acceptors (Lipinski definition) is 4. The van der Waals surface area contributed by atoms with Crippen LogP contribution in [0.2, 0.25) is 0 Å². The predicted octanol–water partition coefficient (Wildman–Crippen LogP) is 1.65. The van der Waals surface area contributed by atoms with Crippen molar-refractivity contribution in [2.45, 2.75) is 33.2 Å². The predicted molar refractivity (Wildman–Crippen MR) is 64.2 cm³/mol. The minimum atomic E-state index is -1.14. The molecule has 6 nitrogen and oxygen atoms in total. The van der Waals surface area contributed by atoms with E-state index in [1.165, 1.54) is 12.3 Å². The van der Waals surface area contributed by atoms with Crippen molar-refractivity contribution in [2.24, 2.45) is 5.41 Å². The van der Waals surface area contributed by atoms with Crippen LogP contribution in [0, 0.1) is 5.41 Å². The van der Waals surface area contributed by atoms with E-state index in [4.69, 9.17) is 9.52 Å². The molecule has 1 aromatic heterocycles. The molecule has 1 aliphatic heterocycles. The lowest BCUT2D eigenvalue weighted by Crippen LogP contribution is -2.45. The zero-order valence-corrected chi connectivity index (χ0v) is 10.8. The third kappa shape index (κ3) is 2.67. The summed E-state index contributed by atoms with van der Waals surface area (Å²) in [6.07, 6.45) is 1.77. The van der Waals surface area contributed by atoms with Crippen LogP contribution in [0.25, 0.3) is 0 Å². The van der Waals surface area contributed by atoms with Gasteiger partial charge >= 0.3 is 5.97 Å². The van der Waals surface area contributed by atoms with E-state index >= 15 is 0 Å². The highest BCUT2D eigenvalue weighted by atomic mass is 16.4. The fourth-order valence-electron chi connectivity index (χ4n) is 2.18. The van der Waals surface area contributed by atoms with Crippen LogP contribution >= 0.6 is 0 Å². The highest BCUT2D eigenvalue weighted by molar-refractivity contribution is 5.98. The molecule has 1 aromatic rings. The lowest BCUT2D eigenvalue weighted by atomic mass is 9.82.